The molecule has 1 heterocycles. The number of hydrogen-bond acceptors (Lipinski definition) is 4. The first-order valence-corrected chi connectivity index (χ1v) is 8.55. The number of rotatable bonds is 8. The van der Waals surface area contributed by atoms with Crippen molar-refractivity contribution < 1.29 is 9.47 Å². The van der Waals surface area contributed by atoms with E-state index < -0.39 is 0 Å². The first kappa shape index (κ1) is 15.7. The second-order valence-electron chi connectivity index (χ2n) is 5.06. The Bertz CT molecular complexity index is 377. The minimum absolute atomic E-state index is 0.400. The van der Waals surface area contributed by atoms with E-state index >= 15 is 0 Å². The van der Waals surface area contributed by atoms with Crippen LogP contribution in [0.5, 0.6) is 5.75 Å². The fourth-order valence-electron chi connectivity index (χ4n) is 2.45. The number of thioether (sulfide) groups is 1. The van der Waals surface area contributed by atoms with Gasteiger partial charge in [-0.3, -0.25) is 0 Å². The third-order valence-electron chi connectivity index (χ3n) is 3.58. The molecule has 0 radical (unpaired) electrons. The molecule has 112 valence electrons. The van der Waals surface area contributed by atoms with E-state index in [4.69, 9.17) is 9.47 Å². The van der Waals surface area contributed by atoms with Crippen molar-refractivity contribution in [1.29, 1.82) is 0 Å². The van der Waals surface area contributed by atoms with Crippen LogP contribution in [-0.4, -0.2) is 37.9 Å². The van der Waals surface area contributed by atoms with Crippen molar-refractivity contribution in [2.75, 3.05) is 31.8 Å². The van der Waals surface area contributed by atoms with Crippen LogP contribution < -0.4 is 10.1 Å². The second kappa shape index (κ2) is 8.55. The van der Waals surface area contributed by atoms with Crippen LogP contribution in [0.25, 0.3) is 0 Å². The zero-order valence-electron chi connectivity index (χ0n) is 12.4. The zero-order valence-corrected chi connectivity index (χ0v) is 13.2. The summed E-state index contributed by atoms with van der Waals surface area (Å²) in [6.07, 6.45) is 2.92. The van der Waals surface area contributed by atoms with Gasteiger partial charge in [0.15, 0.2) is 0 Å². The van der Waals surface area contributed by atoms with Crippen molar-refractivity contribution >= 4 is 11.8 Å². The van der Waals surface area contributed by atoms with Gasteiger partial charge in [0.25, 0.3) is 0 Å². The number of nitrogens with one attached hydrogen (secondary N) is 1. The number of hydrogen-bond donors (Lipinski definition) is 1. The van der Waals surface area contributed by atoms with Crippen molar-refractivity contribution in [3.05, 3.63) is 29.8 Å². The molecule has 3 nitrogen and oxygen atoms in total. The quantitative estimate of drug-likeness (QED) is 0.797. The van der Waals surface area contributed by atoms with Gasteiger partial charge in [-0.2, -0.15) is 11.8 Å². The van der Waals surface area contributed by atoms with Gasteiger partial charge in [0.1, 0.15) is 5.75 Å². The van der Waals surface area contributed by atoms with Crippen molar-refractivity contribution in [2.45, 2.75) is 31.9 Å². The summed E-state index contributed by atoms with van der Waals surface area (Å²) in [7, 11) is 1.70. The molecule has 0 amide bonds. The van der Waals surface area contributed by atoms with Gasteiger partial charge >= 0.3 is 0 Å². The van der Waals surface area contributed by atoms with Crippen LogP contribution in [-0.2, 0) is 4.74 Å². The molecule has 1 aliphatic heterocycles. The highest BCUT2D eigenvalue weighted by molar-refractivity contribution is 7.99. The molecule has 2 rings (SSSR count). The van der Waals surface area contributed by atoms with Crippen LogP contribution >= 0.6 is 11.8 Å². The minimum Gasteiger partial charge on any atom is -0.497 e. The Morgan fingerprint density at radius 1 is 1.40 bits per heavy atom. The second-order valence-corrected chi connectivity index (χ2v) is 6.13. The van der Waals surface area contributed by atoms with E-state index in [1.165, 1.54) is 18.4 Å². The highest BCUT2D eigenvalue weighted by atomic mass is 32.2. The molecule has 1 aliphatic rings. The first-order chi connectivity index (χ1) is 9.83. The molecule has 0 aliphatic carbocycles. The molecule has 0 spiro atoms. The van der Waals surface area contributed by atoms with Crippen molar-refractivity contribution in [2.24, 2.45) is 0 Å². The molecule has 4 heteroatoms. The van der Waals surface area contributed by atoms with Gasteiger partial charge in [0.05, 0.1) is 13.2 Å². The number of methoxy groups -OCH3 is 1. The normalized spacial score (nSPS) is 20.0. The number of benzene rings is 1. The molecule has 1 N–H and O–H groups in total. The van der Waals surface area contributed by atoms with Crippen LogP contribution in [0.2, 0.25) is 0 Å². The van der Waals surface area contributed by atoms with E-state index in [1.807, 2.05) is 23.9 Å². The van der Waals surface area contributed by atoms with Gasteiger partial charge in [0.2, 0.25) is 0 Å². The summed E-state index contributed by atoms with van der Waals surface area (Å²) in [6.45, 7) is 4.08. The topological polar surface area (TPSA) is 30.5 Å². The van der Waals surface area contributed by atoms with E-state index in [0.717, 1.165) is 30.4 Å². The lowest BCUT2D eigenvalue weighted by Crippen LogP contribution is -2.23. The molecule has 1 aromatic carbocycles. The summed E-state index contributed by atoms with van der Waals surface area (Å²) in [5.41, 5.74) is 1.33. The molecule has 20 heavy (non-hydrogen) atoms. The smallest absolute Gasteiger partial charge is 0.118 e. The molecule has 1 saturated heterocycles. The third-order valence-corrected chi connectivity index (χ3v) is 4.76. The summed E-state index contributed by atoms with van der Waals surface area (Å²) in [5.74, 6) is 3.11. The summed E-state index contributed by atoms with van der Waals surface area (Å²) in [5, 5.41) is 3.56. The zero-order chi connectivity index (χ0) is 14.2. The molecule has 1 aromatic rings. The number of ether oxygens (including phenoxy) is 2. The maximum Gasteiger partial charge on any atom is 0.118 e. The average molecular weight is 295 g/mol. The van der Waals surface area contributed by atoms with Crippen molar-refractivity contribution in [1.82, 2.24) is 5.32 Å². The fraction of sp³-hybridized carbons (Fsp3) is 0.625. The summed E-state index contributed by atoms with van der Waals surface area (Å²) in [6, 6.07) is 8.77. The van der Waals surface area contributed by atoms with Crippen LogP contribution in [0.15, 0.2) is 24.3 Å². The summed E-state index contributed by atoms with van der Waals surface area (Å²) in [4.78, 5) is 0. The van der Waals surface area contributed by atoms with Crippen molar-refractivity contribution in [3.63, 3.8) is 0 Å². The highest BCUT2D eigenvalue weighted by Gasteiger charge is 2.17. The van der Waals surface area contributed by atoms with Crippen LogP contribution in [0.3, 0.4) is 0 Å². The molecule has 2 atom stereocenters. The highest BCUT2D eigenvalue weighted by Crippen LogP contribution is 2.24. The molecule has 0 bridgehead atoms. The average Bonchev–Trinajstić information content (AvgIpc) is 3.00. The maximum atomic E-state index is 5.67. The predicted octanol–water partition coefficient (Wildman–Crippen LogP) is 3.26. The largest absolute Gasteiger partial charge is 0.497 e. The summed E-state index contributed by atoms with van der Waals surface area (Å²) < 4.78 is 10.9. The monoisotopic (exact) mass is 295 g/mol. The Morgan fingerprint density at radius 2 is 2.20 bits per heavy atom. The molecule has 0 saturated carbocycles. The van der Waals surface area contributed by atoms with Gasteiger partial charge < -0.3 is 14.8 Å². The predicted molar refractivity (Wildman–Crippen MR) is 85.7 cm³/mol. The molecule has 0 aromatic heterocycles. The lowest BCUT2D eigenvalue weighted by atomic mass is 10.1. The van der Waals surface area contributed by atoms with Gasteiger partial charge in [0, 0.05) is 24.2 Å². The van der Waals surface area contributed by atoms with Crippen LogP contribution in [0.4, 0.5) is 0 Å². The van der Waals surface area contributed by atoms with Gasteiger partial charge in [-0.1, -0.05) is 19.1 Å². The van der Waals surface area contributed by atoms with Gasteiger partial charge in [-0.15, -0.1) is 0 Å². The van der Waals surface area contributed by atoms with E-state index in [1.54, 1.807) is 7.11 Å². The van der Waals surface area contributed by atoms with E-state index in [9.17, 15) is 0 Å². The Hall–Kier alpha value is -0.710. The van der Waals surface area contributed by atoms with E-state index in [0.29, 0.717) is 12.1 Å². The Labute approximate surface area is 126 Å². The van der Waals surface area contributed by atoms with Crippen molar-refractivity contribution in [3.8, 4) is 5.75 Å². The Balaban J connectivity index is 1.84. The molecular formula is C16H25NO2S. The summed E-state index contributed by atoms with van der Waals surface area (Å²) >= 11 is 1.98. The van der Waals surface area contributed by atoms with Crippen LogP contribution in [0.1, 0.15) is 31.4 Å². The van der Waals surface area contributed by atoms with E-state index in [-0.39, 0.29) is 0 Å². The maximum absolute atomic E-state index is 5.67. The lowest BCUT2D eigenvalue weighted by Gasteiger charge is -2.19. The van der Waals surface area contributed by atoms with Crippen LogP contribution in [0, 0.1) is 0 Å². The van der Waals surface area contributed by atoms with Gasteiger partial charge in [-0.05, 0) is 37.1 Å². The first-order valence-electron chi connectivity index (χ1n) is 7.40. The lowest BCUT2D eigenvalue weighted by molar-refractivity contribution is 0.129. The molecular weight excluding hydrogens is 270 g/mol. The minimum atomic E-state index is 0.400. The third kappa shape index (κ3) is 4.69. The molecule has 1 fully saturated rings. The van der Waals surface area contributed by atoms with Gasteiger partial charge in [-0.25, -0.2) is 0 Å². The fourth-order valence-corrected chi connectivity index (χ4v) is 3.66. The van der Waals surface area contributed by atoms with E-state index in [2.05, 4.69) is 24.4 Å². The SMILES string of the molecule is CCNC(CSCC1CCCO1)c1ccc(OC)cc1. The Morgan fingerprint density at radius 3 is 2.80 bits per heavy atom. The molecule has 2 unspecified atom stereocenters. The standard InChI is InChI=1S/C16H25NO2S/c1-3-17-16(12-20-11-15-5-4-10-19-15)13-6-8-14(18-2)9-7-13/h6-9,15-17H,3-5,10-12H2,1-2H3. The Kier molecular flexibility index (Phi) is 6.70.